The Bertz CT molecular complexity index is 920. The van der Waals surface area contributed by atoms with Crippen LogP contribution in [0.3, 0.4) is 0 Å². The average Bonchev–Trinajstić information content (AvgIpc) is 3.08. The lowest BCUT2D eigenvalue weighted by Crippen LogP contribution is -2.39. The third-order valence-electron chi connectivity index (χ3n) is 4.74. The highest BCUT2D eigenvalue weighted by molar-refractivity contribution is 5.98. The van der Waals surface area contributed by atoms with Crippen molar-refractivity contribution in [2.45, 2.75) is 19.4 Å². The van der Waals surface area contributed by atoms with Gasteiger partial charge in [0.1, 0.15) is 0 Å². The van der Waals surface area contributed by atoms with Crippen molar-refractivity contribution in [3.8, 4) is 11.5 Å². The molecule has 26 heavy (non-hydrogen) atoms. The fraction of sp³-hybridized carbons (Fsp3) is 0.389. The summed E-state index contributed by atoms with van der Waals surface area (Å²) in [5.74, 6) is 1.21. The van der Waals surface area contributed by atoms with Gasteiger partial charge in [-0.1, -0.05) is 0 Å². The first-order valence-corrected chi connectivity index (χ1v) is 8.57. The molecule has 8 heteroatoms. The number of nitrogens with one attached hydrogen (secondary N) is 2. The fourth-order valence-corrected chi connectivity index (χ4v) is 3.54. The molecule has 1 aromatic carbocycles. The number of Topliss-reactive ketones (excluding diaryl/α,β-unsaturated/α-hetero) is 1. The second-order valence-electron chi connectivity index (χ2n) is 6.62. The van der Waals surface area contributed by atoms with E-state index < -0.39 is 11.2 Å². The molecule has 0 radical (unpaired) electrons. The zero-order valence-corrected chi connectivity index (χ0v) is 14.1. The predicted molar refractivity (Wildman–Crippen MR) is 92.6 cm³/mol. The molecular formula is C18H19N3O5. The van der Waals surface area contributed by atoms with Crippen LogP contribution in [0.15, 0.2) is 33.9 Å². The second kappa shape index (κ2) is 6.80. The molecule has 3 heterocycles. The number of ether oxygens (including phenoxy) is 2. The van der Waals surface area contributed by atoms with E-state index in [1.165, 1.54) is 6.07 Å². The van der Waals surface area contributed by atoms with E-state index >= 15 is 0 Å². The molecule has 0 spiro atoms. The van der Waals surface area contributed by atoms with Crippen molar-refractivity contribution in [2.75, 3.05) is 19.9 Å². The molecule has 4 rings (SSSR count). The van der Waals surface area contributed by atoms with Crippen LogP contribution in [0.5, 0.6) is 11.5 Å². The number of piperidine rings is 1. The van der Waals surface area contributed by atoms with Crippen LogP contribution < -0.4 is 20.7 Å². The quantitative estimate of drug-likeness (QED) is 0.788. The first-order valence-electron chi connectivity index (χ1n) is 8.57. The summed E-state index contributed by atoms with van der Waals surface area (Å²) >= 11 is 0. The first kappa shape index (κ1) is 16.6. The van der Waals surface area contributed by atoms with Crippen molar-refractivity contribution in [1.29, 1.82) is 0 Å². The van der Waals surface area contributed by atoms with Crippen LogP contribution >= 0.6 is 0 Å². The highest BCUT2D eigenvalue weighted by Crippen LogP contribution is 2.33. The average molecular weight is 357 g/mol. The summed E-state index contributed by atoms with van der Waals surface area (Å²) in [6, 6.07) is 6.64. The van der Waals surface area contributed by atoms with E-state index in [0.717, 1.165) is 19.4 Å². The van der Waals surface area contributed by atoms with Crippen molar-refractivity contribution >= 4 is 5.78 Å². The van der Waals surface area contributed by atoms with E-state index in [1.807, 2.05) is 0 Å². The molecule has 0 aliphatic carbocycles. The molecule has 2 N–H and O–H groups in total. The van der Waals surface area contributed by atoms with Gasteiger partial charge >= 0.3 is 5.69 Å². The number of rotatable bonds is 4. The zero-order valence-electron chi connectivity index (χ0n) is 14.1. The molecule has 2 aliphatic rings. The van der Waals surface area contributed by atoms with E-state index in [0.29, 0.717) is 35.8 Å². The minimum absolute atomic E-state index is 0.0763. The van der Waals surface area contributed by atoms with Crippen molar-refractivity contribution in [2.24, 2.45) is 5.92 Å². The van der Waals surface area contributed by atoms with Gasteiger partial charge in [-0.15, -0.1) is 0 Å². The molecule has 1 aromatic heterocycles. The molecule has 136 valence electrons. The first-order chi connectivity index (χ1) is 12.6. The predicted octanol–water partition coefficient (Wildman–Crippen LogP) is 0.887. The molecule has 2 aliphatic heterocycles. The van der Waals surface area contributed by atoms with Gasteiger partial charge in [-0.2, -0.15) is 0 Å². The maximum absolute atomic E-state index is 12.9. The van der Waals surface area contributed by atoms with Gasteiger partial charge in [-0.25, -0.2) is 4.79 Å². The molecule has 0 unspecified atom stereocenters. The van der Waals surface area contributed by atoms with Gasteiger partial charge in [0.05, 0.1) is 0 Å². The Balaban J connectivity index is 1.47. The number of aromatic amines is 2. The highest BCUT2D eigenvalue weighted by atomic mass is 16.7. The van der Waals surface area contributed by atoms with Crippen LogP contribution in [0.1, 0.15) is 28.9 Å². The van der Waals surface area contributed by atoms with Crippen molar-refractivity contribution in [3.63, 3.8) is 0 Å². The Hall–Kier alpha value is -2.87. The third-order valence-corrected chi connectivity index (χ3v) is 4.74. The maximum atomic E-state index is 12.9. The number of H-pyrrole nitrogens is 2. The minimum atomic E-state index is -0.516. The van der Waals surface area contributed by atoms with E-state index in [9.17, 15) is 14.4 Å². The smallest absolute Gasteiger partial charge is 0.325 e. The largest absolute Gasteiger partial charge is 0.454 e. The van der Waals surface area contributed by atoms with Gasteiger partial charge in [0.2, 0.25) is 6.79 Å². The number of hydrogen-bond donors (Lipinski definition) is 2. The van der Waals surface area contributed by atoms with Crippen LogP contribution in [0.2, 0.25) is 0 Å². The number of hydrogen-bond acceptors (Lipinski definition) is 6. The number of ketones is 1. The highest BCUT2D eigenvalue weighted by Gasteiger charge is 2.28. The molecule has 1 atom stereocenters. The fourth-order valence-electron chi connectivity index (χ4n) is 3.54. The van der Waals surface area contributed by atoms with Crippen LogP contribution in [-0.2, 0) is 6.54 Å². The number of aromatic nitrogens is 2. The Labute approximate surface area is 148 Å². The van der Waals surface area contributed by atoms with E-state index in [2.05, 4.69) is 14.9 Å². The van der Waals surface area contributed by atoms with Crippen LogP contribution in [-0.4, -0.2) is 40.5 Å². The second-order valence-corrected chi connectivity index (χ2v) is 6.62. The van der Waals surface area contributed by atoms with Gasteiger partial charge in [-0.05, 0) is 37.6 Å². The molecule has 8 nitrogen and oxygen atoms in total. The number of nitrogens with zero attached hydrogens (tertiary/aromatic N) is 1. The van der Waals surface area contributed by atoms with Gasteiger partial charge < -0.3 is 14.5 Å². The lowest BCUT2D eigenvalue weighted by atomic mass is 9.90. The summed E-state index contributed by atoms with van der Waals surface area (Å²) in [5, 5.41) is 0. The minimum Gasteiger partial charge on any atom is -0.454 e. The summed E-state index contributed by atoms with van der Waals surface area (Å²) in [5.41, 5.74) is 0.229. The standard InChI is InChI=1S/C18H19N3O5/c22-16-7-13(19-18(24)20-16)9-21-5-1-2-12(8-21)17(23)11-3-4-14-15(6-11)26-10-25-14/h3-4,6-7,12H,1-2,5,8-10H2,(H2,19,20,22,24)/t12-/m1/s1. The molecule has 1 saturated heterocycles. The molecule has 0 saturated carbocycles. The number of benzene rings is 1. The third kappa shape index (κ3) is 3.41. The zero-order chi connectivity index (χ0) is 18.1. The Kier molecular flexibility index (Phi) is 4.34. The van der Waals surface area contributed by atoms with Crippen LogP contribution in [0.4, 0.5) is 0 Å². The number of carbonyl (C=O) groups excluding carboxylic acids is 1. The number of fused-ring (bicyclic) bond motifs is 1. The molecule has 0 amide bonds. The van der Waals surface area contributed by atoms with E-state index in [4.69, 9.17) is 9.47 Å². The summed E-state index contributed by atoms with van der Waals surface area (Å²) in [4.78, 5) is 42.6. The molecule has 1 fully saturated rings. The van der Waals surface area contributed by atoms with Gasteiger partial charge in [0, 0.05) is 36.3 Å². The molecule has 2 aromatic rings. The lowest BCUT2D eigenvalue weighted by Gasteiger charge is -2.31. The number of carbonyl (C=O) groups is 1. The SMILES string of the molecule is O=C(c1ccc2c(c1)OCO2)[C@@H]1CCCN(Cc2cc(=O)[nH]c(=O)[nH]2)C1. The van der Waals surface area contributed by atoms with Gasteiger partial charge in [-0.3, -0.25) is 19.5 Å². The van der Waals surface area contributed by atoms with Crippen molar-refractivity contribution in [1.82, 2.24) is 14.9 Å². The normalized spacial score (nSPS) is 19.5. The van der Waals surface area contributed by atoms with Gasteiger partial charge in [0.25, 0.3) is 5.56 Å². The maximum Gasteiger partial charge on any atom is 0.325 e. The Morgan fingerprint density at radius 1 is 1.15 bits per heavy atom. The van der Waals surface area contributed by atoms with Crippen molar-refractivity contribution < 1.29 is 14.3 Å². The van der Waals surface area contributed by atoms with Crippen molar-refractivity contribution in [3.05, 3.63) is 56.4 Å². The van der Waals surface area contributed by atoms with Crippen LogP contribution in [0, 0.1) is 5.92 Å². The molecular weight excluding hydrogens is 338 g/mol. The molecule has 0 bridgehead atoms. The monoisotopic (exact) mass is 357 g/mol. The summed E-state index contributed by atoms with van der Waals surface area (Å²) in [6.07, 6.45) is 1.70. The lowest BCUT2D eigenvalue weighted by molar-refractivity contribution is 0.0809. The topological polar surface area (TPSA) is 104 Å². The summed E-state index contributed by atoms with van der Waals surface area (Å²) in [7, 11) is 0. The van der Waals surface area contributed by atoms with E-state index in [-0.39, 0.29) is 18.5 Å². The number of likely N-dealkylation sites (tertiary alicyclic amines) is 1. The van der Waals surface area contributed by atoms with Gasteiger partial charge in [0.15, 0.2) is 17.3 Å². The summed E-state index contributed by atoms with van der Waals surface area (Å²) in [6.45, 7) is 2.02. The Morgan fingerprint density at radius 2 is 2.00 bits per heavy atom. The van der Waals surface area contributed by atoms with Crippen LogP contribution in [0.25, 0.3) is 0 Å². The van der Waals surface area contributed by atoms with E-state index in [1.54, 1.807) is 18.2 Å². The Morgan fingerprint density at radius 3 is 2.85 bits per heavy atom. The summed E-state index contributed by atoms with van der Waals surface area (Å²) < 4.78 is 10.6.